The summed E-state index contributed by atoms with van der Waals surface area (Å²) in [6.45, 7) is 7.42. The molecule has 0 radical (unpaired) electrons. The number of guanidine groups is 1. The van der Waals surface area contributed by atoms with Crippen LogP contribution in [0, 0.1) is 18.8 Å². The van der Waals surface area contributed by atoms with Gasteiger partial charge in [-0.3, -0.25) is 0 Å². The molecule has 0 saturated heterocycles. The molecule has 2 unspecified atom stereocenters. The minimum atomic E-state index is 0.525. The second-order valence-electron chi connectivity index (χ2n) is 7.51. The van der Waals surface area contributed by atoms with Crippen molar-refractivity contribution in [2.24, 2.45) is 23.9 Å². The number of methoxy groups -OCH3 is 1. The van der Waals surface area contributed by atoms with Gasteiger partial charge in [0.1, 0.15) is 12.4 Å². The van der Waals surface area contributed by atoms with Crippen molar-refractivity contribution in [1.29, 1.82) is 0 Å². The van der Waals surface area contributed by atoms with Crippen LogP contribution in [0.15, 0.2) is 4.99 Å². The molecule has 26 heavy (non-hydrogen) atoms. The molecule has 7 nitrogen and oxygen atoms in total. The Morgan fingerprint density at radius 1 is 1.27 bits per heavy atom. The summed E-state index contributed by atoms with van der Waals surface area (Å²) in [4.78, 5) is 4.69. The molecule has 1 aliphatic rings. The lowest BCUT2D eigenvalue weighted by atomic mass is 9.81. The number of rotatable bonds is 9. The smallest absolute Gasteiger partial charge is 0.191 e. The van der Waals surface area contributed by atoms with Crippen LogP contribution in [0.1, 0.15) is 57.1 Å². The van der Waals surface area contributed by atoms with Gasteiger partial charge in [-0.05, 0) is 38.0 Å². The highest BCUT2D eigenvalue weighted by molar-refractivity contribution is 5.79. The number of hydrogen-bond donors (Lipinski definition) is 2. The van der Waals surface area contributed by atoms with Crippen molar-refractivity contribution in [1.82, 2.24) is 25.4 Å². The van der Waals surface area contributed by atoms with Gasteiger partial charge in [-0.1, -0.05) is 26.2 Å². The molecule has 0 aromatic carbocycles. The summed E-state index contributed by atoms with van der Waals surface area (Å²) < 4.78 is 7.10. The molecule has 1 aromatic heterocycles. The summed E-state index contributed by atoms with van der Waals surface area (Å²) in [5.41, 5.74) is 0. The highest BCUT2D eigenvalue weighted by Gasteiger charge is 2.18. The molecule has 0 amide bonds. The fourth-order valence-corrected chi connectivity index (χ4v) is 3.55. The fourth-order valence-electron chi connectivity index (χ4n) is 3.55. The van der Waals surface area contributed by atoms with E-state index in [9.17, 15) is 0 Å². The molecule has 1 heterocycles. The monoisotopic (exact) mass is 364 g/mol. The maximum Gasteiger partial charge on any atom is 0.191 e. The van der Waals surface area contributed by atoms with Crippen LogP contribution in [0.4, 0.5) is 0 Å². The normalized spacial score (nSPS) is 21.0. The molecule has 148 valence electrons. The van der Waals surface area contributed by atoms with Gasteiger partial charge in [0.2, 0.25) is 0 Å². The number of nitrogens with zero attached hydrogens (tertiary/aromatic N) is 4. The summed E-state index contributed by atoms with van der Waals surface area (Å²) in [5, 5.41) is 15.2. The summed E-state index contributed by atoms with van der Waals surface area (Å²) in [6.07, 6.45) is 7.70. The van der Waals surface area contributed by atoms with E-state index in [2.05, 4.69) is 27.8 Å². The average Bonchev–Trinajstić information content (AvgIpc) is 2.94. The molecule has 1 fully saturated rings. The molecule has 1 aromatic rings. The molecule has 0 spiro atoms. The minimum absolute atomic E-state index is 0.525. The summed E-state index contributed by atoms with van der Waals surface area (Å²) in [5.74, 6) is 4.37. The largest absolute Gasteiger partial charge is 0.385 e. The van der Waals surface area contributed by atoms with Gasteiger partial charge in [-0.25, -0.2) is 4.99 Å². The Hall–Kier alpha value is -1.63. The maximum absolute atomic E-state index is 5.12. The highest BCUT2D eigenvalue weighted by Crippen LogP contribution is 2.30. The fraction of sp³-hybridized carbons (Fsp3) is 0.842. The van der Waals surface area contributed by atoms with Crippen molar-refractivity contribution in [3.8, 4) is 0 Å². The van der Waals surface area contributed by atoms with E-state index in [1.54, 1.807) is 7.11 Å². The van der Waals surface area contributed by atoms with Gasteiger partial charge in [-0.2, -0.15) is 0 Å². The van der Waals surface area contributed by atoms with Crippen molar-refractivity contribution in [2.75, 3.05) is 26.8 Å². The Kier molecular flexibility index (Phi) is 8.88. The van der Waals surface area contributed by atoms with E-state index in [4.69, 9.17) is 9.73 Å². The standard InChI is InChI=1S/C19H36N6O/c1-15-7-5-8-17(13-15)9-11-21-19(20-10-6-12-26-4)22-14-18-24-23-16(2)25(18)3/h15,17H,5-14H2,1-4H3,(H2,20,21,22). The molecular weight excluding hydrogens is 328 g/mol. The lowest BCUT2D eigenvalue weighted by Crippen LogP contribution is -2.39. The molecule has 1 saturated carbocycles. The summed E-state index contributed by atoms with van der Waals surface area (Å²) >= 11 is 0. The van der Waals surface area contributed by atoms with E-state index in [0.717, 1.165) is 55.6 Å². The van der Waals surface area contributed by atoms with Gasteiger partial charge < -0.3 is 19.9 Å². The van der Waals surface area contributed by atoms with Crippen LogP contribution < -0.4 is 10.6 Å². The topological polar surface area (TPSA) is 76.4 Å². The van der Waals surface area contributed by atoms with Crippen LogP contribution in [-0.4, -0.2) is 47.5 Å². The van der Waals surface area contributed by atoms with E-state index in [-0.39, 0.29) is 0 Å². The third-order valence-electron chi connectivity index (χ3n) is 5.27. The van der Waals surface area contributed by atoms with Gasteiger partial charge in [0, 0.05) is 33.9 Å². The van der Waals surface area contributed by atoms with Gasteiger partial charge in [0.25, 0.3) is 0 Å². The van der Waals surface area contributed by atoms with Crippen molar-refractivity contribution in [2.45, 2.75) is 58.9 Å². The molecule has 2 atom stereocenters. The summed E-state index contributed by atoms with van der Waals surface area (Å²) in [7, 11) is 3.71. The minimum Gasteiger partial charge on any atom is -0.385 e. The van der Waals surface area contributed by atoms with Crippen molar-refractivity contribution in [3.63, 3.8) is 0 Å². The number of aromatic nitrogens is 3. The van der Waals surface area contributed by atoms with Gasteiger partial charge >= 0.3 is 0 Å². The number of ether oxygens (including phenoxy) is 1. The zero-order valence-electron chi connectivity index (χ0n) is 16.9. The third-order valence-corrected chi connectivity index (χ3v) is 5.27. The predicted octanol–water partition coefficient (Wildman–Crippen LogP) is 2.41. The van der Waals surface area contributed by atoms with Crippen molar-refractivity contribution in [3.05, 3.63) is 11.6 Å². The molecule has 2 N–H and O–H groups in total. The van der Waals surface area contributed by atoms with E-state index in [0.29, 0.717) is 6.54 Å². The SMILES string of the molecule is COCCCNC(=NCc1nnc(C)n1C)NCCC1CCCC(C)C1. The lowest BCUT2D eigenvalue weighted by Gasteiger charge is -2.26. The lowest BCUT2D eigenvalue weighted by molar-refractivity contribution is 0.195. The van der Waals surface area contributed by atoms with E-state index in [1.165, 1.54) is 32.1 Å². The van der Waals surface area contributed by atoms with Crippen LogP contribution in [0.25, 0.3) is 0 Å². The van der Waals surface area contributed by atoms with Crippen LogP contribution in [0.3, 0.4) is 0 Å². The third kappa shape index (κ3) is 6.94. The highest BCUT2D eigenvalue weighted by atomic mass is 16.5. The summed E-state index contributed by atoms with van der Waals surface area (Å²) in [6, 6.07) is 0. The Morgan fingerprint density at radius 3 is 2.77 bits per heavy atom. The van der Waals surface area contributed by atoms with E-state index < -0.39 is 0 Å². The number of hydrogen-bond acceptors (Lipinski definition) is 4. The van der Waals surface area contributed by atoms with Gasteiger partial charge in [0.15, 0.2) is 11.8 Å². The van der Waals surface area contributed by atoms with Crippen LogP contribution >= 0.6 is 0 Å². The molecular formula is C19H36N6O. The van der Waals surface area contributed by atoms with Crippen LogP contribution in [0.5, 0.6) is 0 Å². The van der Waals surface area contributed by atoms with Crippen LogP contribution in [0.2, 0.25) is 0 Å². The van der Waals surface area contributed by atoms with Crippen molar-refractivity contribution < 1.29 is 4.74 Å². The van der Waals surface area contributed by atoms with Gasteiger partial charge in [0.05, 0.1) is 0 Å². The molecule has 0 aliphatic heterocycles. The van der Waals surface area contributed by atoms with Crippen molar-refractivity contribution >= 4 is 5.96 Å². The Bertz CT molecular complexity index is 556. The molecule has 0 bridgehead atoms. The quantitative estimate of drug-likeness (QED) is 0.400. The average molecular weight is 365 g/mol. The van der Waals surface area contributed by atoms with Crippen LogP contribution in [-0.2, 0) is 18.3 Å². The Morgan fingerprint density at radius 2 is 2.08 bits per heavy atom. The first kappa shape index (κ1) is 20.7. The first-order valence-corrected chi connectivity index (χ1v) is 9.96. The Labute approximate surface area is 158 Å². The number of aryl methyl sites for hydroxylation is 1. The second kappa shape index (κ2) is 11.2. The van der Waals surface area contributed by atoms with E-state index in [1.807, 2.05) is 18.5 Å². The molecule has 1 aliphatic carbocycles. The first-order valence-electron chi connectivity index (χ1n) is 9.96. The zero-order valence-corrected chi connectivity index (χ0v) is 16.9. The van der Waals surface area contributed by atoms with E-state index >= 15 is 0 Å². The second-order valence-corrected chi connectivity index (χ2v) is 7.51. The number of aliphatic imine (C=N–C) groups is 1. The number of nitrogens with one attached hydrogen (secondary N) is 2. The zero-order chi connectivity index (χ0) is 18.8. The molecule has 2 rings (SSSR count). The first-order chi connectivity index (χ1) is 12.6. The Balaban J connectivity index is 1.83. The van der Waals surface area contributed by atoms with Gasteiger partial charge in [-0.15, -0.1) is 10.2 Å². The maximum atomic E-state index is 5.12. The molecule has 7 heteroatoms. The predicted molar refractivity (Wildman–Crippen MR) is 105 cm³/mol.